The van der Waals surface area contributed by atoms with Gasteiger partial charge in [0, 0.05) is 22.6 Å². The quantitative estimate of drug-likeness (QED) is 0.479. The third-order valence-electron chi connectivity index (χ3n) is 6.92. The zero-order valence-corrected chi connectivity index (χ0v) is 22.3. The second-order valence-corrected chi connectivity index (χ2v) is 12.8. The summed E-state index contributed by atoms with van der Waals surface area (Å²) >= 11 is 0. The van der Waals surface area contributed by atoms with Crippen molar-refractivity contribution >= 4 is 5.78 Å². The van der Waals surface area contributed by atoms with Gasteiger partial charge in [0.15, 0.2) is 5.78 Å². The average Bonchev–Trinajstić information content (AvgIpc) is 2.91. The van der Waals surface area contributed by atoms with Crippen LogP contribution < -0.4 is 4.74 Å². The first kappa shape index (κ1) is 24.6. The summed E-state index contributed by atoms with van der Waals surface area (Å²) in [6.07, 6.45) is 0.816. The van der Waals surface area contributed by atoms with Crippen LogP contribution in [0.15, 0.2) is 18.2 Å². The van der Waals surface area contributed by atoms with E-state index in [0.717, 1.165) is 17.7 Å². The predicted molar refractivity (Wildman–Crippen MR) is 136 cm³/mol. The number of ether oxygens (including phenoxy) is 1. The molecule has 0 saturated carbocycles. The minimum Gasteiger partial charge on any atom is -0.496 e. The van der Waals surface area contributed by atoms with Crippen molar-refractivity contribution in [1.29, 1.82) is 0 Å². The molecule has 0 N–H and O–H groups in total. The Balaban J connectivity index is 2.49. The van der Waals surface area contributed by atoms with Crippen molar-refractivity contribution in [2.45, 2.75) is 98.8 Å². The van der Waals surface area contributed by atoms with Crippen molar-refractivity contribution in [3.8, 4) is 16.9 Å². The Hall–Kier alpha value is -2.09. The predicted octanol–water partition coefficient (Wildman–Crippen LogP) is 7.94. The first-order valence-electron chi connectivity index (χ1n) is 11.9. The van der Waals surface area contributed by atoms with Crippen molar-refractivity contribution < 1.29 is 9.53 Å². The van der Waals surface area contributed by atoms with Gasteiger partial charge in [-0.25, -0.2) is 0 Å². The molecule has 0 heterocycles. The molecule has 2 aromatic carbocycles. The highest BCUT2D eigenvalue weighted by atomic mass is 16.5. The van der Waals surface area contributed by atoms with Gasteiger partial charge < -0.3 is 4.74 Å². The van der Waals surface area contributed by atoms with E-state index in [2.05, 4.69) is 94.4 Å². The Labute approximate surface area is 195 Å². The van der Waals surface area contributed by atoms with Crippen molar-refractivity contribution in [3.63, 3.8) is 0 Å². The largest absolute Gasteiger partial charge is 0.496 e. The van der Waals surface area contributed by atoms with Crippen LogP contribution in [0.5, 0.6) is 5.75 Å². The van der Waals surface area contributed by atoms with Crippen molar-refractivity contribution in [1.82, 2.24) is 0 Å². The normalized spacial score (nSPS) is 17.0. The second kappa shape index (κ2) is 7.75. The van der Waals surface area contributed by atoms with Crippen LogP contribution in [0.3, 0.4) is 0 Å². The van der Waals surface area contributed by atoms with Gasteiger partial charge in [-0.1, -0.05) is 69.2 Å². The summed E-state index contributed by atoms with van der Waals surface area (Å²) < 4.78 is 6.00. The maximum atomic E-state index is 13.1. The first-order chi connectivity index (χ1) is 14.5. The van der Waals surface area contributed by atoms with E-state index in [1.54, 1.807) is 7.11 Å². The van der Waals surface area contributed by atoms with E-state index in [9.17, 15) is 4.79 Å². The molecule has 1 unspecified atom stereocenters. The van der Waals surface area contributed by atoms with E-state index >= 15 is 0 Å². The number of benzene rings is 2. The van der Waals surface area contributed by atoms with Crippen LogP contribution in [0.4, 0.5) is 0 Å². The van der Waals surface area contributed by atoms with E-state index in [4.69, 9.17) is 4.74 Å². The smallest absolute Gasteiger partial charge is 0.166 e. The summed E-state index contributed by atoms with van der Waals surface area (Å²) in [5.41, 5.74) is 9.43. The molecule has 32 heavy (non-hydrogen) atoms. The first-order valence-corrected chi connectivity index (χ1v) is 11.9. The standard InChI is InChI=1S/C30H42O2/c1-17-13-20-21(26(17)31)16-22(28(3,4)5)18(2)25(20)19-14-23(29(6,7)8)27(32-12)24(15-19)30(9,10)11/h14-17H,13H2,1-12H3. The molecule has 2 heteroatoms. The fourth-order valence-electron chi connectivity index (χ4n) is 5.21. The molecule has 0 fully saturated rings. The summed E-state index contributed by atoms with van der Waals surface area (Å²) in [6.45, 7) is 24.5. The molecule has 1 aliphatic carbocycles. The number of methoxy groups -OCH3 is 1. The number of hydrogen-bond donors (Lipinski definition) is 0. The van der Waals surface area contributed by atoms with Gasteiger partial charge in [-0.15, -0.1) is 0 Å². The maximum Gasteiger partial charge on any atom is 0.166 e. The minimum atomic E-state index is -0.0663. The second-order valence-electron chi connectivity index (χ2n) is 12.8. The third kappa shape index (κ3) is 4.14. The molecular formula is C30H42O2. The van der Waals surface area contributed by atoms with E-state index < -0.39 is 0 Å². The topological polar surface area (TPSA) is 26.3 Å². The number of fused-ring (bicyclic) bond motifs is 1. The molecule has 0 amide bonds. The molecule has 1 atom stereocenters. The van der Waals surface area contributed by atoms with Crippen LogP contribution in [-0.4, -0.2) is 12.9 Å². The van der Waals surface area contributed by atoms with Gasteiger partial charge in [0.1, 0.15) is 5.75 Å². The summed E-state index contributed by atoms with van der Waals surface area (Å²) in [4.78, 5) is 13.1. The fraction of sp³-hybridized carbons (Fsp3) is 0.567. The van der Waals surface area contributed by atoms with Crippen LogP contribution in [0.1, 0.15) is 107 Å². The molecule has 2 nitrogen and oxygen atoms in total. The van der Waals surface area contributed by atoms with Gasteiger partial charge in [0.05, 0.1) is 7.11 Å². The monoisotopic (exact) mass is 434 g/mol. The molecule has 1 aliphatic rings. The fourth-order valence-corrected chi connectivity index (χ4v) is 5.21. The third-order valence-corrected chi connectivity index (χ3v) is 6.92. The Morgan fingerprint density at radius 3 is 1.69 bits per heavy atom. The lowest BCUT2D eigenvalue weighted by molar-refractivity contribution is 0.0946. The van der Waals surface area contributed by atoms with Crippen LogP contribution in [-0.2, 0) is 22.7 Å². The van der Waals surface area contributed by atoms with E-state index in [0.29, 0.717) is 0 Å². The number of carbonyl (C=O) groups excluding carboxylic acids is 1. The van der Waals surface area contributed by atoms with Crippen LogP contribution in [0.2, 0.25) is 0 Å². The van der Waals surface area contributed by atoms with Crippen molar-refractivity contribution in [2.24, 2.45) is 5.92 Å². The van der Waals surface area contributed by atoms with E-state index in [1.165, 1.54) is 38.9 Å². The Morgan fingerprint density at radius 1 is 0.812 bits per heavy atom. The number of ketones is 1. The molecule has 174 valence electrons. The number of Topliss-reactive ketones (excluding diaryl/α,β-unsaturated/α-hetero) is 1. The van der Waals surface area contributed by atoms with Gasteiger partial charge in [0.2, 0.25) is 0 Å². The van der Waals surface area contributed by atoms with Crippen LogP contribution in [0.25, 0.3) is 11.1 Å². The molecule has 0 aromatic heterocycles. The van der Waals surface area contributed by atoms with E-state index in [1.807, 2.05) is 0 Å². The van der Waals surface area contributed by atoms with E-state index in [-0.39, 0.29) is 27.9 Å². The van der Waals surface area contributed by atoms with Gasteiger partial charge in [0.25, 0.3) is 0 Å². The lowest BCUT2D eigenvalue weighted by Gasteiger charge is -2.31. The van der Waals surface area contributed by atoms with Crippen molar-refractivity contribution in [3.05, 3.63) is 51.6 Å². The molecule has 0 saturated heterocycles. The van der Waals surface area contributed by atoms with Crippen LogP contribution in [0, 0.1) is 12.8 Å². The van der Waals surface area contributed by atoms with Gasteiger partial charge in [-0.05, 0) is 75.6 Å². The maximum absolute atomic E-state index is 13.1. The molecule has 2 aromatic rings. The van der Waals surface area contributed by atoms with Gasteiger partial charge in [-0.2, -0.15) is 0 Å². The number of hydrogen-bond acceptors (Lipinski definition) is 2. The molecule has 0 aliphatic heterocycles. The molecular weight excluding hydrogens is 392 g/mol. The summed E-state index contributed by atoms with van der Waals surface area (Å²) in [6, 6.07) is 6.81. The molecule has 0 radical (unpaired) electrons. The van der Waals surface area contributed by atoms with Gasteiger partial charge >= 0.3 is 0 Å². The summed E-state index contributed by atoms with van der Waals surface area (Å²) in [5, 5.41) is 0. The lowest BCUT2D eigenvalue weighted by atomic mass is 9.75. The lowest BCUT2D eigenvalue weighted by Crippen LogP contribution is -2.20. The number of rotatable bonds is 2. The van der Waals surface area contributed by atoms with Crippen LogP contribution >= 0.6 is 0 Å². The molecule has 0 spiro atoms. The Kier molecular flexibility index (Phi) is 5.94. The summed E-state index contributed by atoms with van der Waals surface area (Å²) in [7, 11) is 1.78. The Morgan fingerprint density at radius 2 is 1.28 bits per heavy atom. The Bertz CT molecular complexity index is 1030. The van der Waals surface area contributed by atoms with Crippen molar-refractivity contribution in [2.75, 3.05) is 7.11 Å². The van der Waals surface area contributed by atoms with Gasteiger partial charge in [-0.3, -0.25) is 4.79 Å². The molecule has 0 bridgehead atoms. The highest BCUT2D eigenvalue weighted by molar-refractivity contribution is 6.04. The SMILES string of the molecule is COc1c(C(C)(C)C)cc(-c2c(C)c(C(C)(C)C)cc3c2CC(C)C3=O)cc1C(C)(C)C. The minimum absolute atomic E-state index is 0.0356. The highest BCUT2D eigenvalue weighted by Crippen LogP contribution is 2.47. The number of carbonyl (C=O) groups is 1. The highest BCUT2D eigenvalue weighted by Gasteiger charge is 2.35. The average molecular weight is 435 g/mol. The zero-order valence-electron chi connectivity index (χ0n) is 22.3. The summed E-state index contributed by atoms with van der Waals surface area (Å²) in [5.74, 6) is 1.31. The molecule has 3 rings (SSSR count). The zero-order chi connectivity index (χ0) is 24.4.